The first kappa shape index (κ1) is 13.7. The van der Waals surface area contributed by atoms with Gasteiger partial charge in [0, 0.05) is 0 Å². The average molecular weight is 285 g/mol. The molecule has 3 heteroatoms. The van der Waals surface area contributed by atoms with Crippen molar-refractivity contribution in [3.8, 4) is 24.2 Å². The molecule has 0 aromatic rings. The molecule has 0 heterocycles. The fourth-order valence-electron chi connectivity index (χ4n) is 0.186. The predicted octanol–water partition coefficient (Wildman–Crippen LogP) is 1.66. The van der Waals surface area contributed by atoms with Crippen LogP contribution in [0.1, 0.15) is 6.92 Å². The lowest BCUT2D eigenvalue weighted by Gasteiger charge is -1.83. The van der Waals surface area contributed by atoms with Crippen LogP contribution in [0, 0.1) is 24.2 Å². The summed E-state index contributed by atoms with van der Waals surface area (Å²) in [6.07, 6.45) is 4.18. The fraction of sp³-hybridized carbons (Fsp3) is 0.500. The van der Waals surface area contributed by atoms with Gasteiger partial charge in [0.25, 0.3) is 0 Å². The molecular weight excluding hydrogens is 274 g/mol. The zero-order valence-corrected chi connectivity index (χ0v) is 9.19. The summed E-state index contributed by atoms with van der Waals surface area (Å²) in [6, 6.07) is 0. The van der Waals surface area contributed by atoms with Crippen LogP contribution >= 0.6 is 34.2 Å². The second kappa shape index (κ2) is 12.7. The van der Waals surface area contributed by atoms with E-state index >= 15 is 0 Å². The Morgan fingerprint density at radius 2 is 2.18 bits per heavy atom. The molecule has 11 heavy (non-hydrogen) atoms. The number of aliphatic hydroxyl groups is 1. The minimum Gasteiger partial charge on any atom is -0.381 e. The number of terminal acetylenes is 1. The second-order valence-corrected chi connectivity index (χ2v) is 2.50. The van der Waals surface area contributed by atoms with Gasteiger partial charge < -0.3 is 5.11 Å². The highest BCUT2D eigenvalue weighted by atomic mass is 127. The molecule has 0 aromatic heterocycles. The lowest BCUT2D eigenvalue weighted by atomic mass is 10.4. The first-order valence-corrected chi connectivity index (χ1v) is 4.96. The third-order valence-electron chi connectivity index (χ3n) is 0.455. The van der Waals surface area contributed by atoms with Crippen molar-refractivity contribution < 1.29 is 5.11 Å². The number of halogens is 2. The molecule has 62 valence electrons. The highest BCUT2D eigenvalue weighted by Gasteiger charge is 1.78. The number of hydrogen-bond acceptors (Lipinski definition) is 1. The van der Waals surface area contributed by atoms with Gasteiger partial charge in [-0.05, 0) is 6.92 Å². The van der Waals surface area contributed by atoms with Gasteiger partial charge in [0.2, 0.25) is 0 Å². The van der Waals surface area contributed by atoms with Gasteiger partial charge in [-0.2, -0.15) is 0 Å². The van der Waals surface area contributed by atoms with Crippen LogP contribution in [-0.2, 0) is 0 Å². The molecule has 0 bridgehead atoms. The van der Waals surface area contributed by atoms with E-state index in [9.17, 15) is 0 Å². The third-order valence-corrected chi connectivity index (χ3v) is 0.991. The Morgan fingerprint density at radius 3 is 2.27 bits per heavy atom. The molecule has 1 nitrogen and oxygen atoms in total. The number of rotatable bonds is 0. The van der Waals surface area contributed by atoms with E-state index in [1.165, 1.54) is 0 Å². The Labute approximate surface area is 86.7 Å². The molecule has 0 aliphatic heterocycles. The minimum absolute atomic E-state index is 0.319. The standard InChI is InChI=1S/C5H7IO.C3H3Cl/c1-5(7)3-2-4-6;1-2-3-4/h5,7H,4H2,1H3;1H,3H2. The van der Waals surface area contributed by atoms with Crippen molar-refractivity contribution in [1.82, 2.24) is 0 Å². The van der Waals surface area contributed by atoms with E-state index in [4.69, 9.17) is 16.7 Å². The van der Waals surface area contributed by atoms with Gasteiger partial charge in [-0.1, -0.05) is 40.4 Å². The molecule has 0 fully saturated rings. The van der Waals surface area contributed by atoms with Crippen LogP contribution in [0.2, 0.25) is 0 Å². The monoisotopic (exact) mass is 284 g/mol. The van der Waals surface area contributed by atoms with Gasteiger partial charge in [-0.3, -0.25) is 0 Å². The summed E-state index contributed by atoms with van der Waals surface area (Å²) in [4.78, 5) is 0. The highest BCUT2D eigenvalue weighted by Crippen LogP contribution is 1.77. The van der Waals surface area contributed by atoms with Crippen LogP contribution in [0.4, 0.5) is 0 Å². The van der Waals surface area contributed by atoms with Crippen molar-refractivity contribution in [3.05, 3.63) is 0 Å². The van der Waals surface area contributed by atoms with Crippen LogP contribution in [0.3, 0.4) is 0 Å². The lowest BCUT2D eigenvalue weighted by molar-refractivity contribution is 0.253. The van der Waals surface area contributed by atoms with Crippen LogP contribution in [0.5, 0.6) is 0 Å². The summed E-state index contributed by atoms with van der Waals surface area (Å²) in [5.74, 6) is 7.84. The molecule has 0 aromatic carbocycles. The van der Waals surface area contributed by atoms with Crippen molar-refractivity contribution in [1.29, 1.82) is 0 Å². The maximum absolute atomic E-state index is 8.51. The Balaban J connectivity index is 0. The maximum Gasteiger partial charge on any atom is 0.112 e. The zero-order valence-electron chi connectivity index (χ0n) is 6.27. The van der Waals surface area contributed by atoms with E-state index in [0.717, 1.165) is 4.43 Å². The molecule has 0 rings (SSSR count). The summed E-state index contributed by atoms with van der Waals surface area (Å²) in [5, 5.41) is 8.51. The first-order chi connectivity index (χ1) is 5.18. The van der Waals surface area contributed by atoms with Gasteiger partial charge in [-0.15, -0.1) is 18.0 Å². The zero-order chi connectivity index (χ0) is 9.11. The van der Waals surface area contributed by atoms with Crippen LogP contribution < -0.4 is 0 Å². The van der Waals surface area contributed by atoms with Crippen molar-refractivity contribution >= 4 is 34.2 Å². The van der Waals surface area contributed by atoms with Crippen molar-refractivity contribution in [2.45, 2.75) is 13.0 Å². The first-order valence-electron chi connectivity index (χ1n) is 2.90. The Bertz CT molecular complexity index is 161. The summed E-state index contributed by atoms with van der Waals surface area (Å²) >= 11 is 7.09. The van der Waals surface area contributed by atoms with E-state index in [0.29, 0.717) is 5.88 Å². The molecular formula is C8H10ClIO. The SMILES string of the molecule is C#CCCl.CC(O)C#CCI. The van der Waals surface area contributed by atoms with E-state index in [2.05, 4.69) is 46.8 Å². The highest BCUT2D eigenvalue weighted by molar-refractivity contribution is 14.1. The Kier molecular flexibility index (Phi) is 15.8. The van der Waals surface area contributed by atoms with Crippen molar-refractivity contribution in [2.24, 2.45) is 0 Å². The molecule has 0 saturated carbocycles. The molecule has 0 aliphatic carbocycles. The van der Waals surface area contributed by atoms with Gasteiger partial charge in [0.05, 0.1) is 10.3 Å². The average Bonchev–Trinajstić information content (AvgIpc) is 2.01. The molecule has 1 N–H and O–H groups in total. The van der Waals surface area contributed by atoms with E-state index in [1.54, 1.807) is 6.92 Å². The number of alkyl halides is 2. The molecule has 1 atom stereocenters. The summed E-state index contributed by atoms with van der Waals surface area (Å²) in [5.41, 5.74) is 0. The topological polar surface area (TPSA) is 20.2 Å². The molecule has 0 amide bonds. The van der Waals surface area contributed by atoms with Gasteiger partial charge in [-0.25, -0.2) is 0 Å². The normalized spacial score (nSPS) is 9.36. The van der Waals surface area contributed by atoms with E-state index in [1.807, 2.05) is 0 Å². The van der Waals surface area contributed by atoms with Gasteiger partial charge >= 0.3 is 0 Å². The second-order valence-electron chi connectivity index (χ2n) is 1.47. The van der Waals surface area contributed by atoms with E-state index < -0.39 is 6.10 Å². The third kappa shape index (κ3) is 25.5. The molecule has 0 aliphatic rings. The summed E-state index contributed by atoms with van der Waals surface area (Å²) < 4.78 is 0.794. The lowest BCUT2D eigenvalue weighted by Crippen LogP contribution is -1.92. The molecule has 1 unspecified atom stereocenters. The molecule has 0 radical (unpaired) electrons. The molecule has 0 saturated heterocycles. The van der Waals surface area contributed by atoms with Crippen LogP contribution in [0.25, 0.3) is 0 Å². The predicted molar refractivity (Wildman–Crippen MR) is 57.9 cm³/mol. The van der Waals surface area contributed by atoms with Crippen molar-refractivity contribution in [2.75, 3.05) is 10.3 Å². The minimum atomic E-state index is -0.463. The maximum atomic E-state index is 8.51. The van der Waals surface area contributed by atoms with Gasteiger partial charge in [0.15, 0.2) is 0 Å². The number of hydrogen-bond donors (Lipinski definition) is 1. The summed E-state index contributed by atoms with van der Waals surface area (Å²) in [6.45, 7) is 1.65. The number of aliphatic hydroxyl groups excluding tert-OH is 1. The molecule has 0 spiro atoms. The van der Waals surface area contributed by atoms with Gasteiger partial charge in [0.1, 0.15) is 6.10 Å². The fourth-order valence-corrected chi connectivity index (χ4v) is 0.406. The Morgan fingerprint density at radius 1 is 1.73 bits per heavy atom. The van der Waals surface area contributed by atoms with Crippen LogP contribution in [0.15, 0.2) is 0 Å². The quantitative estimate of drug-likeness (QED) is 0.407. The largest absolute Gasteiger partial charge is 0.381 e. The van der Waals surface area contributed by atoms with E-state index in [-0.39, 0.29) is 0 Å². The summed E-state index contributed by atoms with van der Waals surface area (Å²) in [7, 11) is 0. The van der Waals surface area contributed by atoms with Crippen LogP contribution in [-0.4, -0.2) is 21.5 Å². The van der Waals surface area contributed by atoms with Crippen molar-refractivity contribution in [3.63, 3.8) is 0 Å². The Hall–Kier alpha value is 0.100. The smallest absolute Gasteiger partial charge is 0.112 e.